The van der Waals surface area contributed by atoms with Crippen LogP contribution in [-0.2, 0) is 10.0 Å². The Labute approximate surface area is 120 Å². The van der Waals surface area contributed by atoms with Crippen molar-refractivity contribution in [1.82, 2.24) is 4.98 Å². The van der Waals surface area contributed by atoms with Crippen LogP contribution in [0.25, 0.3) is 0 Å². The summed E-state index contributed by atoms with van der Waals surface area (Å²) in [5.41, 5.74) is 0.258. The van der Waals surface area contributed by atoms with Gasteiger partial charge in [-0.2, -0.15) is 0 Å². The number of anilines is 1. The Balaban J connectivity index is 2.39. The molecule has 0 bridgehead atoms. The average Bonchev–Trinajstić information content (AvgIpc) is 2.46. The first-order valence-corrected chi connectivity index (χ1v) is 7.15. The minimum Gasteiger partial charge on any atom is -0.508 e. The second-order valence-corrected chi connectivity index (χ2v) is 6.07. The predicted octanol–water partition coefficient (Wildman–Crippen LogP) is 1.52. The third-order valence-corrected chi connectivity index (χ3v) is 4.53. The zero-order valence-corrected chi connectivity index (χ0v) is 11.7. The highest BCUT2D eigenvalue weighted by atomic mass is 32.2. The zero-order valence-electron chi connectivity index (χ0n) is 10.9. The van der Waals surface area contributed by atoms with E-state index in [1.54, 1.807) is 0 Å². The summed E-state index contributed by atoms with van der Waals surface area (Å²) in [6, 6.07) is 7.84. The van der Waals surface area contributed by atoms with Gasteiger partial charge >= 0.3 is 5.82 Å². The molecule has 1 aromatic carbocycles. The van der Waals surface area contributed by atoms with Gasteiger partial charge in [0, 0.05) is 19.2 Å². The van der Waals surface area contributed by atoms with Crippen molar-refractivity contribution in [1.29, 1.82) is 0 Å². The number of hydrogen-bond acceptors (Lipinski definition) is 6. The number of nitro groups is 1. The molecular formula is C12H11N3O5S. The summed E-state index contributed by atoms with van der Waals surface area (Å²) in [4.78, 5) is 13.1. The van der Waals surface area contributed by atoms with E-state index in [-0.39, 0.29) is 16.3 Å². The van der Waals surface area contributed by atoms with E-state index in [0.29, 0.717) is 0 Å². The molecule has 1 heterocycles. The van der Waals surface area contributed by atoms with E-state index in [1.165, 1.54) is 31.3 Å². The highest BCUT2D eigenvalue weighted by Crippen LogP contribution is 2.25. The molecule has 0 aliphatic carbocycles. The second-order valence-electron chi connectivity index (χ2n) is 4.10. The number of phenols is 1. The van der Waals surface area contributed by atoms with Gasteiger partial charge in [-0.25, -0.2) is 8.42 Å². The molecule has 0 saturated carbocycles. The molecule has 0 aliphatic heterocycles. The fourth-order valence-electron chi connectivity index (χ4n) is 1.62. The average molecular weight is 309 g/mol. The lowest BCUT2D eigenvalue weighted by Crippen LogP contribution is -2.26. The lowest BCUT2D eigenvalue weighted by atomic mass is 10.3. The summed E-state index contributed by atoms with van der Waals surface area (Å²) in [6.45, 7) is 0. The summed E-state index contributed by atoms with van der Waals surface area (Å²) < 4.78 is 25.7. The van der Waals surface area contributed by atoms with Crippen LogP contribution in [0.3, 0.4) is 0 Å². The molecule has 0 atom stereocenters. The monoisotopic (exact) mass is 309 g/mol. The van der Waals surface area contributed by atoms with Gasteiger partial charge in [-0.1, -0.05) is 6.07 Å². The van der Waals surface area contributed by atoms with Crippen molar-refractivity contribution in [2.24, 2.45) is 0 Å². The number of nitrogens with zero attached hydrogens (tertiary/aromatic N) is 3. The Hall–Kier alpha value is -2.68. The molecular weight excluding hydrogens is 298 g/mol. The van der Waals surface area contributed by atoms with Crippen LogP contribution in [0.1, 0.15) is 0 Å². The van der Waals surface area contributed by atoms with Crippen molar-refractivity contribution in [2.75, 3.05) is 11.4 Å². The van der Waals surface area contributed by atoms with E-state index in [4.69, 9.17) is 0 Å². The highest BCUT2D eigenvalue weighted by molar-refractivity contribution is 7.92. The number of aromatic nitrogens is 1. The van der Waals surface area contributed by atoms with Crippen molar-refractivity contribution >= 4 is 21.5 Å². The highest BCUT2D eigenvalue weighted by Gasteiger charge is 2.24. The summed E-state index contributed by atoms with van der Waals surface area (Å²) in [5, 5.41) is 19.9. The SMILES string of the molecule is CN(c1cccc(O)c1)S(=O)(=O)c1ccc([N+](=O)[O-])nc1. The molecule has 0 unspecified atom stereocenters. The third-order valence-electron chi connectivity index (χ3n) is 2.76. The summed E-state index contributed by atoms with van der Waals surface area (Å²) in [6.07, 6.45) is 0.923. The minimum atomic E-state index is -3.91. The number of benzene rings is 1. The van der Waals surface area contributed by atoms with Crippen molar-refractivity contribution in [2.45, 2.75) is 4.90 Å². The van der Waals surface area contributed by atoms with E-state index in [1.807, 2.05) is 0 Å². The van der Waals surface area contributed by atoms with E-state index in [9.17, 15) is 23.6 Å². The molecule has 0 spiro atoms. The number of hydrogen-bond donors (Lipinski definition) is 1. The Kier molecular flexibility index (Phi) is 3.76. The normalized spacial score (nSPS) is 11.1. The number of pyridine rings is 1. The van der Waals surface area contributed by atoms with Crippen molar-refractivity contribution in [3.63, 3.8) is 0 Å². The molecule has 0 aliphatic rings. The molecule has 0 saturated heterocycles. The molecule has 1 aromatic heterocycles. The molecule has 110 valence electrons. The van der Waals surface area contributed by atoms with Gasteiger partial charge in [-0.05, 0) is 28.1 Å². The summed E-state index contributed by atoms with van der Waals surface area (Å²) >= 11 is 0. The lowest BCUT2D eigenvalue weighted by molar-refractivity contribution is -0.389. The zero-order chi connectivity index (χ0) is 15.6. The molecule has 2 rings (SSSR count). The van der Waals surface area contributed by atoms with Gasteiger partial charge in [-0.3, -0.25) is 4.31 Å². The molecule has 21 heavy (non-hydrogen) atoms. The summed E-state index contributed by atoms with van der Waals surface area (Å²) in [7, 11) is -2.60. The standard InChI is InChI=1S/C12H11N3O5S/c1-14(9-3-2-4-10(16)7-9)21(19,20)11-5-6-12(13-8-11)15(17)18/h2-8,16H,1H3. The first-order valence-electron chi connectivity index (χ1n) is 5.71. The number of sulfonamides is 1. The Morgan fingerprint density at radius 2 is 2.00 bits per heavy atom. The fraction of sp³-hybridized carbons (Fsp3) is 0.0833. The third kappa shape index (κ3) is 2.92. The lowest BCUT2D eigenvalue weighted by Gasteiger charge is -2.18. The van der Waals surface area contributed by atoms with Crippen molar-refractivity contribution in [3.8, 4) is 5.75 Å². The molecule has 8 nitrogen and oxygen atoms in total. The van der Waals surface area contributed by atoms with Gasteiger partial charge in [0.25, 0.3) is 10.0 Å². The number of phenolic OH excluding ortho intramolecular Hbond substituents is 1. The smallest absolute Gasteiger partial charge is 0.363 e. The Morgan fingerprint density at radius 1 is 1.29 bits per heavy atom. The topological polar surface area (TPSA) is 114 Å². The van der Waals surface area contributed by atoms with Gasteiger partial charge in [0.1, 0.15) is 10.6 Å². The van der Waals surface area contributed by atoms with Crippen molar-refractivity contribution in [3.05, 3.63) is 52.7 Å². The van der Waals surface area contributed by atoms with Crippen LogP contribution in [0, 0.1) is 10.1 Å². The molecule has 9 heteroatoms. The quantitative estimate of drug-likeness (QED) is 0.676. The van der Waals surface area contributed by atoms with Crippen LogP contribution in [0.5, 0.6) is 5.75 Å². The molecule has 0 amide bonds. The maximum atomic E-state index is 12.4. The van der Waals surface area contributed by atoms with Crippen LogP contribution < -0.4 is 4.31 Å². The maximum Gasteiger partial charge on any atom is 0.363 e. The first-order chi connectivity index (χ1) is 9.82. The largest absolute Gasteiger partial charge is 0.508 e. The minimum absolute atomic E-state index is 0.0728. The van der Waals surface area contributed by atoms with Gasteiger partial charge in [0.05, 0.1) is 5.69 Å². The molecule has 2 aromatic rings. The summed E-state index contributed by atoms with van der Waals surface area (Å²) in [5.74, 6) is -0.509. The van der Waals surface area contributed by atoms with Gasteiger partial charge < -0.3 is 15.2 Å². The van der Waals surface area contributed by atoms with Crippen LogP contribution in [0.2, 0.25) is 0 Å². The van der Waals surface area contributed by atoms with Crippen LogP contribution in [0.4, 0.5) is 11.5 Å². The van der Waals surface area contributed by atoms with Crippen LogP contribution in [0.15, 0.2) is 47.5 Å². The van der Waals surface area contributed by atoms with E-state index < -0.39 is 20.8 Å². The maximum absolute atomic E-state index is 12.4. The van der Waals surface area contributed by atoms with Gasteiger partial charge in [0.15, 0.2) is 6.20 Å². The number of rotatable bonds is 4. The van der Waals surface area contributed by atoms with Gasteiger partial charge in [0.2, 0.25) is 0 Å². The van der Waals surface area contributed by atoms with Crippen LogP contribution in [-0.4, -0.2) is 30.5 Å². The predicted molar refractivity (Wildman–Crippen MR) is 74.6 cm³/mol. The molecule has 1 N–H and O–H groups in total. The van der Waals surface area contributed by atoms with E-state index in [2.05, 4.69) is 4.98 Å². The van der Waals surface area contributed by atoms with E-state index in [0.717, 1.165) is 22.6 Å². The van der Waals surface area contributed by atoms with E-state index >= 15 is 0 Å². The molecule has 0 radical (unpaired) electrons. The first kappa shape index (κ1) is 14.7. The molecule has 0 fully saturated rings. The number of aromatic hydroxyl groups is 1. The van der Waals surface area contributed by atoms with Crippen molar-refractivity contribution < 1.29 is 18.4 Å². The Morgan fingerprint density at radius 3 is 2.52 bits per heavy atom. The van der Waals surface area contributed by atoms with Crippen LogP contribution >= 0.6 is 0 Å². The second kappa shape index (κ2) is 5.37. The Bertz CT molecular complexity index is 774. The van der Waals surface area contributed by atoms with Gasteiger partial charge in [-0.15, -0.1) is 0 Å². The fourth-order valence-corrected chi connectivity index (χ4v) is 2.75.